The van der Waals surface area contributed by atoms with E-state index >= 15 is 0 Å². The van der Waals surface area contributed by atoms with Crippen LogP contribution in [0.3, 0.4) is 0 Å². The van der Waals surface area contributed by atoms with Crippen molar-refractivity contribution in [3.05, 3.63) is 23.3 Å². The summed E-state index contributed by atoms with van der Waals surface area (Å²) in [4.78, 5) is -0.607. The second-order valence-electron chi connectivity index (χ2n) is 3.26. The maximum absolute atomic E-state index is 12.7. The fraction of sp³-hybridized carbons (Fsp3) is 0.333. The minimum Gasteiger partial charge on any atom is -0.496 e. The number of hydrogen-bond acceptors (Lipinski definition) is 3. The van der Waals surface area contributed by atoms with Gasteiger partial charge in [0.25, 0.3) is 9.05 Å². The summed E-state index contributed by atoms with van der Waals surface area (Å²) >= 11 is 0. The number of halogens is 4. The number of alkyl halides is 3. The highest BCUT2D eigenvalue weighted by Crippen LogP contribution is 2.39. The molecule has 0 unspecified atom stereocenters. The Kier molecular flexibility index (Phi) is 3.63. The van der Waals surface area contributed by atoms with Crippen LogP contribution < -0.4 is 4.74 Å². The smallest absolute Gasteiger partial charge is 0.420 e. The number of hydrogen-bond donors (Lipinski definition) is 0. The summed E-state index contributed by atoms with van der Waals surface area (Å²) in [6.45, 7) is 1.31. The Morgan fingerprint density at radius 2 is 1.82 bits per heavy atom. The van der Waals surface area contributed by atoms with E-state index < -0.39 is 31.4 Å². The van der Waals surface area contributed by atoms with E-state index in [9.17, 15) is 21.6 Å². The van der Waals surface area contributed by atoms with Gasteiger partial charge in [-0.1, -0.05) is 0 Å². The zero-order valence-electron chi connectivity index (χ0n) is 8.80. The Morgan fingerprint density at radius 3 is 2.18 bits per heavy atom. The van der Waals surface area contributed by atoms with Crippen LogP contribution in [0.15, 0.2) is 17.0 Å². The summed E-state index contributed by atoms with van der Waals surface area (Å²) in [5.41, 5.74) is -1.12. The van der Waals surface area contributed by atoms with Crippen molar-refractivity contribution < 1.29 is 26.3 Å². The molecule has 0 N–H and O–H groups in total. The van der Waals surface area contributed by atoms with Crippen LogP contribution in [0.2, 0.25) is 0 Å². The summed E-state index contributed by atoms with van der Waals surface area (Å²) in [5, 5.41) is 0. The van der Waals surface area contributed by atoms with Crippen molar-refractivity contribution in [2.75, 3.05) is 7.11 Å². The number of methoxy groups -OCH3 is 1. The third kappa shape index (κ3) is 3.04. The van der Waals surface area contributed by atoms with Crippen LogP contribution >= 0.6 is 10.7 Å². The van der Waals surface area contributed by atoms with Crippen molar-refractivity contribution in [1.82, 2.24) is 0 Å². The van der Waals surface area contributed by atoms with Gasteiger partial charge in [-0.15, -0.1) is 0 Å². The number of benzene rings is 1. The van der Waals surface area contributed by atoms with Gasteiger partial charge in [0.05, 0.1) is 17.6 Å². The van der Waals surface area contributed by atoms with Crippen LogP contribution in [0.25, 0.3) is 0 Å². The highest BCUT2D eigenvalue weighted by atomic mass is 35.7. The van der Waals surface area contributed by atoms with Gasteiger partial charge in [0.2, 0.25) is 0 Å². The summed E-state index contributed by atoms with van der Waals surface area (Å²) in [7, 11) is 1.87. The molecule has 1 rings (SSSR count). The Labute approximate surface area is 101 Å². The predicted molar refractivity (Wildman–Crippen MR) is 55.8 cm³/mol. The van der Waals surface area contributed by atoms with E-state index in [0.29, 0.717) is 6.07 Å². The highest BCUT2D eigenvalue weighted by Gasteiger charge is 2.36. The Balaban J connectivity index is 3.62. The van der Waals surface area contributed by atoms with E-state index in [-0.39, 0.29) is 5.56 Å². The van der Waals surface area contributed by atoms with Gasteiger partial charge in [-0.25, -0.2) is 8.42 Å². The zero-order valence-corrected chi connectivity index (χ0v) is 10.4. The number of aryl methyl sites for hydroxylation is 1. The van der Waals surface area contributed by atoms with Crippen molar-refractivity contribution in [1.29, 1.82) is 0 Å². The van der Waals surface area contributed by atoms with Crippen molar-refractivity contribution in [3.63, 3.8) is 0 Å². The largest absolute Gasteiger partial charge is 0.496 e. The molecule has 0 aliphatic carbocycles. The molecule has 0 aromatic heterocycles. The summed E-state index contributed by atoms with van der Waals surface area (Å²) < 4.78 is 64.7. The molecule has 0 saturated carbocycles. The molecule has 1 aromatic rings. The molecule has 0 aliphatic rings. The average Bonchev–Trinajstić information content (AvgIpc) is 2.13. The third-order valence-electron chi connectivity index (χ3n) is 2.04. The molecule has 0 aliphatic heterocycles. The molecular weight excluding hydrogens is 281 g/mol. The van der Waals surface area contributed by atoms with Crippen LogP contribution in [0.5, 0.6) is 5.75 Å². The molecule has 0 bridgehead atoms. The van der Waals surface area contributed by atoms with Gasteiger partial charge in [-0.2, -0.15) is 13.2 Å². The molecule has 8 heteroatoms. The molecule has 1 aromatic carbocycles. The molecule has 0 saturated heterocycles. The SMILES string of the molecule is COc1c(C)cc(S(=O)(=O)Cl)cc1C(F)(F)F. The first-order chi connectivity index (χ1) is 7.57. The van der Waals surface area contributed by atoms with E-state index in [2.05, 4.69) is 4.74 Å². The molecule has 0 heterocycles. The lowest BCUT2D eigenvalue weighted by atomic mass is 10.1. The van der Waals surface area contributed by atoms with Crippen molar-refractivity contribution >= 4 is 19.7 Å². The first-order valence-electron chi connectivity index (χ1n) is 4.28. The second kappa shape index (κ2) is 4.38. The number of ether oxygens (including phenoxy) is 1. The maximum Gasteiger partial charge on any atom is 0.420 e. The van der Waals surface area contributed by atoms with Crippen LogP contribution in [0, 0.1) is 6.92 Å². The molecule has 0 amide bonds. The summed E-state index contributed by atoms with van der Waals surface area (Å²) in [6.07, 6.45) is -4.71. The predicted octanol–water partition coefficient (Wildman–Crippen LogP) is 2.95. The lowest BCUT2D eigenvalue weighted by molar-refractivity contribution is -0.139. The van der Waals surface area contributed by atoms with Gasteiger partial charge >= 0.3 is 6.18 Å². The van der Waals surface area contributed by atoms with Crippen molar-refractivity contribution in [2.24, 2.45) is 0 Å². The van der Waals surface area contributed by atoms with Crippen LogP contribution in [0.4, 0.5) is 13.2 Å². The van der Waals surface area contributed by atoms with E-state index in [1.54, 1.807) is 0 Å². The number of rotatable bonds is 2. The van der Waals surface area contributed by atoms with Crippen LogP contribution in [-0.4, -0.2) is 15.5 Å². The fourth-order valence-corrected chi connectivity index (χ4v) is 2.21. The van der Waals surface area contributed by atoms with Crippen molar-refractivity contribution in [2.45, 2.75) is 18.0 Å². The molecular formula is C9H8ClF3O3S. The van der Waals surface area contributed by atoms with Crippen molar-refractivity contribution in [3.8, 4) is 5.75 Å². The van der Waals surface area contributed by atoms with E-state index in [1.807, 2.05) is 0 Å². The monoisotopic (exact) mass is 288 g/mol. The second-order valence-corrected chi connectivity index (χ2v) is 5.82. The first-order valence-corrected chi connectivity index (χ1v) is 6.59. The third-order valence-corrected chi connectivity index (χ3v) is 3.37. The normalized spacial score (nSPS) is 12.6. The zero-order chi connectivity index (χ0) is 13.4. The lowest BCUT2D eigenvalue weighted by Gasteiger charge is -2.15. The Hall–Kier alpha value is -0.950. The van der Waals surface area contributed by atoms with Crippen LogP contribution in [-0.2, 0) is 15.2 Å². The average molecular weight is 289 g/mol. The maximum atomic E-state index is 12.7. The van der Waals surface area contributed by atoms with E-state index in [1.165, 1.54) is 6.92 Å². The molecule has 0 atom stereocenters. The van der Waals surface area contributed by atoms with Gasteiger partial charge < -0.3 is 4.74 Å². The first kappa shape index (κ1) is 14.1. The fourth-order valence-electron chi connectivity index (χ4n) is 1.36. The van der Waals surface area contributed by atoms with Gasteiger partial charge in [-0.3, -0.25) is 0 Å². The van der Waals surface area contributed by atoms with E-state index in [0.717, 1.165) is 13.2 Å². The topological polar surface area (TPSA) is 43.4 Å². The van der Waals surface area contributed by atoms with Gasteiger partial charge in [-0.05, 0) is 24.6 Å². The summed E-state index contributed by atoms with van der Waals surface area (Å²) in [6, 6.07) is 1.48. The molecule has 0 fully saturated rings. The van der Waals surface area contributed by atoms with Gasteiger partial charge in [0.15, 0.2) is 0 Å². The molecule has 0 spiro atoms. The minimum atomic E-state index is -4.71. The van der Waals surface area contributed by atoms with E-state index in [4.69, 9.17) is 10.7 Å². The standard InChI is InChI=1S/C9H8ClF3O3S/c1-5-3-6(17(10,14)15)4-7(8(5)16-2)9(11,12)13/h3-4H,1-2H3. The van der Waals surface area contributed by atoms with Gasteiger partial charge in [0, 0.05) is 10.7 Å². The quantitative estimate of drug-likeness (QED) is 0.786. The summed E-state index contributed by atoms with van der Waals surface area (Å²) in [5.74, 6) is -0.415. The van der Waals surface area contributed by atoms with Gasteiger partial charge in [0.1, 0.15) is 5.75 Å². The minimum absolute atomic E-state index is 0.0431. The van der Waals surface area contributed by atoms with Crippen LogP contribution in [0.1, 0.15) is 11.1 Å². The molecule has 17 heavy (non-hydrogen) atoms. The Bertz CT molecular complexity index is 537. The molecule has 3 nitrogen and oxygen atoms in total. The lowest BCUT2D eigenvalue weighted by Crippen LogP contribution is -2.10. The highest BCUT2D eigenvalue weighted by molar-refractivity contribution is 8.13. The molecule has 0 radical (unpaired) electrons. The molecule has 96 valence electrons. The Morgan fingerprint density at radius 1 is 1.29 bits per heavy atom.